The monoisotopic (exact) mass is 243 g/mol. The SMILES string of the molecule is CC1CCC(C)P1c1ccc2ccccc2n1. The molecule has 3 rings (SSSR count). The molecule has 0 aliphatic carbocycles. The molecule has 0 bridgehead atoms. The van der Waals surface area contributed by atoms with Crippen LogP contribution in [0.5, 0.6) is 0 Å². The molecule has 0 radical (unpaired) electrons. The number of benzene rings is 1. The number of hydrogen-bond donors (Lipinski definition) is 0. The van der Waals surface area contributed by atoms with Crippen LogP contribution in [0.25, 0.3) is 10.9 Å². The minimum absolute atomic E-state index is 0.0470. The van der Waals surface area contributed by atoms with E-state index in [0.717, 1.165) is 16.8 Å². The van der Waals surface area contributed by atoms with Crippen LogP contribution in [-0.2, 0) is 0 Å². The van der Waals surface area contributed by atoms with Crippen molar-refractivity contribution in [2.24, 2.45) is 0 Å². The zero-order valence-corrected chi connectivity index (χ0v) is 11.3. The van der Waals surface area contributed by atoms with E-state index in [1.165, 1.54) is 23.7 Å². The van der Waals surface area contributed by atoms with Crippen LogP contribution in [0.2, 0.25) is 0 Å². The molecule has 1 saturated heterocycles. The fraction of sp³-hybridized carbons (Fsp3) is 0.400. The first-order chi connectivity index (χ1) is 8.25. The third kappa shape index (κ3) is 1.98. The van der Waals surface area contributed by atoms with Gasteiger partial charge in [0.05, 0.1) is 11.0 Å². The molecule has 0 amide bonds. The molecule has 2 heteroatoms. The topological polar surface area (TPSA) is 12.9 Å². The first-order valence-corrected chi connectivity index (χ1v) is 7.88. The molecule has 88 valence electrons. The summed E-state index contributed by atoms with van der Waals surface area (Å²) in [7, 11) is -0.0470. The molecule has 0 spiro atoms. The van der Waals surface area contributed by atoms with Gasteiger partial charge in [-0.2, -0.15) is 0 Å². The normalized spacial score (nSPS) is 28.7. The van der Waals surface area contributed by atoms with Gasteiger partial charge in [0.2, 0.25) is 0 Å². The summed E-state index contributed by atoms with van der Waals surface area (Å²) in [5.41, 5.74) is 4.19. The molecule has 1 aromatic carbocycles. The number of rotatable bonds is 1. The van der Waals surface area contributed by atoms with Gasteiger partial charge in [0.25, 0.3) is 0 Å². The fourth-order valence-corrected chi connectivity index (χ4v) is 5.94. The second-order valence-electron chi connectivity index (χ2n) is 5.04. The summed E-state index contributed by atoms with van der Waals surface area (Å²) >= 11 is 0. The molecule has 2 unspecified atom stereocenters. The Hall–Kier alpha value is -0.940. The average molecular weight is 243 g/mol. The van der Waals surface area contributed by atoms with Crippen LogP contribution in [0.4, 0.5) is 0 Å². The number of para-hydroxylation sites is 1. The molecule has 2 aromatic rings. The molecule has 0 saturated carbocycles. The van der Waals surface area contributed by atoms with E-state index in [1.807, 2.05) is 0 Å². The van der Waals surface area contributed by atoms with Crippen molar-refractivity contribution in [1.82, 2.24) is 4.98 Å². The van der Waals surface area contributed by atoms with E-state index >= 15 is 0 Å². The zero-order valence-electron chi connectivity index (χ0n) is 10.4. The van der Waals surface area contributed by atoms with E-state index in [4.69, 9.17) is 4.98 Å². The van der Waals surface area contributed by atoms with Crippen molar-refractivity contribution in [2.45, 2.75) is 38.0 Å². The number of pyridine rings is 1. The van der Waals surface area contributed by atoms with Gasteiger partial charge < -0.3 is 0 Å². The van der Waals surface area contributed by atoms with Gasteiger partial charge in [-0.1, -0.05) is 38.1 Å². The van der Waals surface area contributed by atoms with Gasteiger partial charge in [-0.3, -0.25) is 0 Å². The largest absolute Gasteiger partial charge is 0.248 e. The van der Waals surface area contributed by atoms with Gasteiger partial charge in [-0.05, 0) is 44.2 Å². The van der Waals surface area contributed by atoms with Crippen molar-refractivity contribution >= 4 is 24.3 Å². The Bertz CT molecular complexity index is 527. The summed E-state index contributed by atoms with van der Waals surface area (Å²) in [5, 5.41) is 1.26. The Morgan fingerprint density at radius 3 is 2.47 bits per heavy atom. The maximum Gasteiger partial charge on any atom is 0.0709 e. The minimum Gasteiger partial charge on any atom is -0.248 e. The van der Waals surface area contributed by atoms with Crippen molar-refractivity contribution in [1.29, 1.82) is 0 Å². The first-order valence-electron chi connectivity index (χ1n) is 6.40. The van der Waals surface area contributed by atoms with E-state index in [-0.39, 0.29) is 7.92 Å². The predicted octanol–water partition coefficient (Wildman–Crippen LogP) is 3.91. The van der Waals surface area contributed by atoms with Crippen molar-refractivity contribution in [3.05, 3.63) is 36.4 Å². The molecule has 1 fully saturated rings. The highest BCUT2D eigenvalue weighted by molar-refractivity contribution is 7.67. The van der Waals surface area contributed by atoms with E-state index in [1.54, 1.807) is 0 Å². The standard InChI is InChI=1S/C15H18NP/c1-11-7-8-12(2)17(11)15-10-9-13-5-3-4-6-14(13)16-15/h3-6,9-12H,7-8H2,1-2H3. The minimum atomic E-state index is -0.0470. The Balaban J connectivity index is 2.05. The van der Waals surface area contributed by atoms with Crippen molar-refractivity contribution in [3.8, 4) is 0 Å². The maximum absolute atomic E-state index is 4.89. The van der Waals surface area contributed by atoms with Crippen molar-refractivity contribution in [3.63, 3.8) is 0 Å². The molecule has 17 heavy (non-hydrogen) atoms. The lowest BCUT2D eigenvalue weighted by molar-refractivity contribution is 0.777. The van der Waals surface area contributed by atoms with Gasteiger partial charge in [0, 0.05) is 5.39 Å². The van der Waals surface area contributed by atoms with Crippen LogP contribution in [0, 0.1) is 0 Å². The second-order valence-corrected chi connectivity index (χ2v) is 8.08. The van der Waals surface area contributed by atoms with Crippen molar-refractivity contribution in [2.75, 3.05) is 0 Å². The van der Waals surface area contributed by atoms with Gasteiger partial charge in [0.15, 0.2) is 0 Å². The lowest BCUT2D eigenvalue weighted by Crippen LogP contribution is -2.14. The number of aromatic nitrogens is 1. The highest BCUT2D eigenvalue weighted by atomic mass is 31.1. The Morgan fingerprint density at radius 2 is 1.71 bits per heavy atom. The predicted molar refractivity (Wildman–Crippen MR) is 76.5 cm³/mol. The zero-order chi connectivity index (χ0) is 11.8. The van der Waals surface area contributed by atoms with Gasteiger partial charge in [-0.25, -0.2) is 4.98 Å². The van der Waals surface area contributed by atoms with Crippen LogP contribution in [-0.4, -0.2) is 16.3 Å². The highest BCUT2D eigenvalue weighted by Crippen LogP contribution is 2.53. The Morgan fingerprint density at radius 1 is 1.00 bits per heavy atom. The van der Waals surface area contributed by atoms with Crippen LogP contribution >= 0.6 is 7.92 Å². The lowest BCUT2D eigenvalue weighted by atomic mass is 10.2. The van der Waals surface area contributed by atoms with Gasteiger partial charge in [-0.15, -0.1) is 0 Å². The van der Waals surface area contributed by atoms with Crippen LogP contribution in [0.3, 0.4) is 0 Å². The Kier molecular flexibility index (Phi) is 2.88. The Labute approximate surface area is 104 Å². The van der Waals surface area contributed by atoms with E-state index < -0.39 is 0 Å². The second kappa shape index (κ2) is 4.38. The summed E-state index contributed by atoms with van der Waals surface area (Å²) < 4.78 is 0. The lowest BCUT2D eigenvalue weighted by Gasteiger charge is -2.20. The van der Waals surface area contributed by atoms with Crippen molar-refractivity contribution < 1.29 is 0 Å². The number of fused-ring (bicyclic) bond motifs is 1. The first kappa shape index (κ1) is 11.2. The smallest absolute Gasteiger partial charge is 0.0709 e. The molecular formula is C15H18NP. The molecule has 0 N–H and O–H groups in total. The number of hydrogen-bond acceptors (Lipinski definition) is 1. The van der Waals surface area contributed by atoms with Crippen LogP contribution < -0.4 is 5.44 Å². The third-order valence-corrected chi connectivity index (χ3v) is 6.99. The van der Waals surface area contributed by atoms with E-state index in [2.05, 4.69) is 50.2 Å². The molecule has 1 nitrogen and oxygen atoms in total. The van der Waals surface area contributed by atoms with Gasteiger partial charge >= 0.3 is 0 Å². The van der Waals surface area contributed by atoms with Gasteiger partial charge in [0.1, 0.15) is 0 Å². The molecular weight excluding hydrogens is 225 g/mol. The summed E-state index contributed by atoms with van der Waals surface area (Å²) in [6.45, 7) is 4.79. The quantitative estimate of drug-likeness (QED) is 0.692. The molecule has 1 aliphatic heterocycles. The van der Waals surface area contributed by atoms with Crippen LogP contribution in [0.15, 0.2) is 36.4 Å². The maximum atomic E-state index is 4.89. The summed E-state index contributed by atoms with van der Waals surface area (Å²) in [6, 6.07) is 12.9. The molecule has 2 heterocycles. The summed E-state index contributed by atoms with van der Waals surface area (Å²) in [5.74, 6) is 0. The fourth-order valence-electron chi connectivity index (χ4n) is 2.85. The summed E-state index contributed by atoms with van der Waals surface area (Å²) in [6.07, 6.45) is 2.75. The number of nitrogens with zero attached hydrogens (tertiary/aromatic N) is 1. The third-order valence-electron chi connectivity index (χ3n) is 3.80. The van der Waals surface area contributed by atoms with Crippen LogP contribution in [0.1, 0.15) is 26.7 Å². The molecule has 1 aromatic heterocycles. The van der Waals surface area contributed by atoms with E-state index in [0.29, 0.717) is 0 Å². The average Bonchev–Trinajstić information content (AvgIpc) is 2.68. The molecule has 2 atom stereocenters. The summed E-state index contributed by atoms with van der Waals surface area (Å²) in [4.78, 5) is 4.89. The highest BCUT2D eigenvalue weighted by Gasteiger charge is 2.31. The van der Waals surface area contributed by atoms with E-state index in [9.17, 15) is 0 Å². The molecule has 1 aliphatic rings.